The fraction of sp³-hybridized carbons (Fsp3) is 0.0938. The maximum absolute atomic E-state index is 13.6. The minimum atomic E-state index is -0.354. The number of carbonyl (C=O) groups is 1. The Bertz CT molecular complexity index is 1920. The Morgan fingerprint density at radius 1 is 0.897 bits per heavy atom. The number of carbonyl (C=O) groups excluding carboxylic acids is 1. The molecular formula is C32H25N3O3S. The van der Waals surface area contributed by atoms with Crippen molar-refractivity contribution >= 4 is 49.8 Å². The van der Waals surface area contributed by atoms with Crippen LogP contribution in [0.25, 0.3) is 33.0 Å². The molecule has 0 saturated carbocycles. The van der Waals surface area contributed by atoms with E-state index in [9.17, 15) is 4.79 Å². The first kappa shape index (κ1) is 24.6. The lowest BCUT2D eigenvalue weighted by Gasteiger charge is -2.08. The molecule has 1 amide bonds. The van der Waals surface area contributed by atoms with E-state index in [0.29, 0.717) is 27.7 Å². The average molecular weight is 532 g/mol. The van der Waals surface area contributed by atoms with Gasteiger partial charge in [-0.25, -0.2) is 9.98 Å². The smallest absolute Gasteiger partial charge is 0.262 e. The van der Waals surface area contributed by atoms with E-state index in [1.807, 2.05) is 68.4 Å². The number of aromatic nitrogens is 1. The maximum atomic E-state index is 13.6. The van der Waals surface area contributed by atoms with Crippen LogP contribution in [0.5, 0.6) is 5.75 Å². The van der Waals surface area contributed by atoms with E-state index in [1.54, 1.807) is 13.2 Å². The van der Waals surface area contributed by atoms with Gasteiger partial charge in [-0.1, -0.05) is 66.2 Å². The van der Waals surface area contributed by atoms with Gasteiger partial charge in [-0.3, -0.25) is 10.1 Å². The Labute approximate surface area is 229 Å². The molecule has 0 atom stereocenters. The molecule has 0 unspecified atom stereocenters. The van der Waals surface area contributed by atoms with Gasteiger partial charge in [0, 0.05) is 15.8 Å². The number of methoxy groups -OCH3 is 1. The zero-order valence-corrected chi connectivity index (χ0v) is 22.5. The van der Waals surface area contributed by atoms with Gasteiger partial charge < -0.3 is 9.15 Å². The lowest BCUT2D eigenvalue weighted by Crippen LogP contribution is -2.21. The third-order valence-electron chi connectivity index (χ3n) is 6.51. The quantitative estimate of drug-likeness (QED) is 0.246. The SMILES string of the molecule is COc1cccc2cc(C(=O)Nc3nc(-c4ccc5ccccc5c4)c(C)s3)c(=Nc3ccc(C)cc3)oc12. The number of benzene rings is 4. The van der Waals surface area contributed by atoms with Crippen molar-refractivity contribution in [3.05, 3.63) is 113 Å². The van der Waals surface area contributed by atoms with Gasteiger partial charge in [0.1, 0.15) is 5.56 Å². The Hall–Kier alpha value is -4.75. The Morgan fingerprint density at radius 2 is 1.67 bits per heavy atom. The number of rotatable bonds is 5. The second kappa shape index (κ2) is 10.2. The zero-order chi connectivity index (χ0) is 26.9. The number of hydrogen-bond acceptors (Lipinski definition) is 6. The van der Waals surface area contributed by atoms with Crippen LogP contribution in [0.4, 0.5) is 10.8 Å². The van der Waals surface area contributed by atoms with Crippen LogP contribution < -0.4 is 15.6 Å². The van der Waals surface area contributed by atoms with Crippen LogP contribution in [0.15, 0.2) is 100 Å². The molecule has 0 saturated heterocycles. The molecule has 0 aliphatic carbocycles. The van der Waals surface area contributed by atoms with Crippen LogP contribution in [-0.2, 0) is 0 Å². The van der Waals surface area contributed by atoms with Crippen molar-refractivity contribution in [3.8, 4) is 17.0 Å². The number of para-hydroxylation sites is 1. The summed E-state index contributed by atoms with van der Waals surface area (Å²) in [5, 5.41) is 6.52. The van der Waals surface area contributed by atoms with E-state index >= 15 is 0 Å². The standard InChI is InChI=1S/C32H25N3O3S/c1-19-11-15-25(16-12-19)33-31-26(18-24-9-6-10-27(37-3)29(24)38-31)30(36)35-32-34-28(20(2)39-32)23-14-13-21-7-4-5-8-22(21)17-23/h4-18H,1-3H3,(H,34,35,36). The Balaban J connectivity index is 1.40. The number of fused-ring (bicyclic) bond motifs is 2. The number of nitrogens with one attached hydrogen (secondary N) is 1. The highest BCUT2D eigenvalue weighted by molar-refractivity contribution is 7.16. The maximum Gasteiger partial charge on any atom is 0.262 e. The van der Waals surface area contributed by atoms with Gasteiger partial charge in [0.2, 0.25) is 5.55 Å². The summed E-state index contributed by atoms with van der Waals surface area (Å²) in [5.74, 6) is 0.212. The van der Waals surface area contributed by atoms with Crippen molar-refractivity contribution in [1.82, 2.24) is 4.98 Å². The molecule has 7 heteroatoms. The molecule has 39 heavy (non-hydrogen) atoms. The molecule has 2 aromatic heterocycles. The number of ether oxygens (including phenoxy) is 1. The fourth-order valence-electron chi connectivity index (χ4n) is 4.49. The van der Waals surface area contributed by atoms with Gasteiger partial charge in [-0.15, -0.1) is 11.3 Å². The zero-order valence-electron chi connectivity index (χ0n) is 21.7. The van der Waals surface area contributed by atoms with Crippen LogP contribution in [0, 0.1) is 13.8 Å². The largest absolute Gasteiger partial charge is 0.493 e. The molecular weight excluding hydrogens is 506 g/mol. The molecule has 0 radical (unpaired) electrons. The molecule has 6 rings (SSSR count). The average Bonchev–Trinajstić information content (AvgIpc) is 3.32. The van der Waals surface area contributed by atoms with E-state index < -0.39 is 0 Å². The van der Waals surface area contributed by atoms with Gasteiger partial charge in [-0.2, -0.15) is 0 Å². The summed E-state index contributed by atoms with van der Waals surface area (Å²) in [5.41, 5.74) is 4.66. The van der Waals surface area contributed by atoms with E-state index in [0.717, 1.165) is 32.5 Å². The monoisotopic (exact) mass is 531 g/mol. The predicted molar refractivity (Wildman–Crippen MR) is 157 cm³/mol. The van der Waals surface area contributed by atoms with Gasteiger partial charge in [-0.05, 0) is 55.0 Å². The number of anilines is 1. The second-order valence-corrected chi connectivity index (χ2v) is 10.4. The first-order valence-electron chi connectivity index (χ1n) is 12.5. The third kappa shape index (κ3) is 4.92. The lowest BCUT2D eigenvalue weighted by atomic mass is 10.0. The van der Waals surface area contributed by atoms with E-state index in [4.69, 9.17) is 14.1 Å². The molecule has 0 bridgehead atoms. The summed E-state index contributed by atoms with van der Waals surface area (Å²) >= 11 is 1.43. The summed E-state index contributed by atoms with van der Waals surface area (Å²) in [7, 11) is 1.58. The van der Waals surface area contributed by atoms with Crippen LogP contribution in [-0.4, -0.2) is 18.0 Å². The topological polar surface area (TPSA) is 76.7 Å². The van der Waals surface area contributed by atoms with Crippen LogP contribution in [0.1, 0.15) is 20.8 Å². The van der Waals surface area contributed by atoms with E-state index in [2.05, 4.69) is 40.6 Å². The number of thiazole rings is 1. The normalized spacial score (nSPS) is 11.7. The van der Waals surface area contributed by atoms with Crippen molar-refractivity contribution in [2.24, 2.45) is 4.99 Å². The van der Waals surface area contributed by atoms with Gasteiger partial charge in [0.25, 0.3) is 5.91 Å². The van der Waals surface area contributed by atoms with Gasteiger partial charge >= 0.3 is 0 Å². The van der Waals surface area contributed by atoms with Crippen molar-refractivity contribution < 1.29 is 13.9 Å². The third-order valence-corrected chi connectivity index (χ3v) is 7.39. The number of hydrogen-bond donors (Lipinski definition) is 1. The van der Waals surface area contributed by atoms with E-state index in [1.165, 1.54) is 16.7 Å². The Kier molecular flexibility index (Phi) is 6.42. The molecule has 192 valence electrons. The highest BCUT2D eigenvalue weighted by Gasteiger charge is 2.18. The molecule has 0 spiro atoms. The molecule has 0 aliphatic rings. The van der Waals surface area contributed by atoms with Crippen molar-refractivity contribution in [1.29, 1.82) is 0 Å². The van der Waals surface area contributed by atoms with Gasteiger partial charge in [0.05, 0.1) is 18.5 Å². The molecule has 0 fully saturated rings. The molecule has 6 nitrogen and oxygen atoms in total. The number of nitrogens with zero attached hydrogens (tertiary/aromatic N) is 2. The van der Waals surface area contributed by atoms with Crippen molar-refractivity contribution in [2.75, 3.05) is 12.4 Å². The first-order chi connectivity index (χ1) is 19.0. The van der Waals surface area contributed by atoms with Crippen molar-refractivity contribution in [2.45, 2.75) is 13.8 Å². The minimum absolute atomic E-state index is 0.191. The molecule has 2 heterocycles. The molecule has 4 aromatic carbocycles. The summed E-state index contributed by atoms with van der Waals surface area (Å²) in [6.07, 6.45) is 0. The summed E-state index contributed by atoms with van der Waals surface area (Å²) in [6.45, 7) is 4.02. The highest BCUT2D eigenvalue weighted by Crippen LogP contribution is 2.32. The molecule has 6 aromatic rings. The first-order valence-corrected chi connectivity index (χ1v) is 13.3. The summed E-state index contributed by atoms with van der Waals surface area (Å²) in [6, 6.07) is 29.5. The summed E-state index contributed by atoms with van der Waals surface area (Å²) < 4.78 is 11.7. The van der Waals surface area contributed by atoms with Crippen LogP contribution in [0.3, 0.4) is 0 Å². The number of aryl methyl sites for hydroxylation is 2. The lowest BCUT2D eigenvalue weighted by molar-refractivity contribution is 0.102. The predicted octanol–water partition coefficient (Wildman–Crippen LogP) is 7.82. The fourth-order valence-corrected chi connectivity index (χ4v) is 5.32. The minimum Gasteiger partial charge on any atom is -0.493 e. The van der Waals surface area contributed by atoms with Crippen LogP contribution in [0.2, 0.25) is 0 Å². The van der Waals surface area contributed by atoms with Crippen LogP contribution >= 0.6 is 11.3 Å². The highest BCUT2D eigenvalue weighted by atomic mass is 32.1. The molecule has 0 aliphatic heterocycles. The molecule has 1 N–H and O–H groups in total. The Morgan fingerprint density at radius 3 is 2.46 bits per heavy atom. The second-order valence-electron chi connectivity index (χ2n) is 9.23. The number of amides is 1. The van der Waals surface area contributed by atoms with Crippen molar-refractivity contribution in [3.63, 3.8) is 0 Å². The summed E-state index contributed by atoms with van der Waals surface area (Å²) in [4.78, 5) is 24.1. The van der Waals surface area contributed by atoms with Gasteiger partial charge in [0.15, 0.2) is 16.5 Å². The van der Waals surface area contributed by atoms with E-state index in [-0.39, 0.29) is 11.5 Å².